The van der Waals surface area contributed by atoms with Crippen LogP contribution in [0.25, 0.3) is 0 Å². The highest BCUT2D eigenvalue weighted by Gasteiger charge is 2.26. The lowest BCUT2D eigenvalue weighted by molar-refractivity contribution is 0.263. The van der Waals surface area contributed by atoms with E-state index in [1.807, 2.05) is 41.2 Å². The Bertz CT molecular complexity index is 734. The van der Waals surface area contributed by atoms with Crippen LogP contribution in [0.1, 0.15) is 73.6 Å². The van der Waals surface area contributed by atoms with E-state index in [4.69, 9.17) is 17.7 Å². The highest BCUT2D eigenvalue weighted by atomic mass is 33.7. The fraction of sp³-hybridized carbons (Fsp3) is 0.571. The van der Waals surface area contributed by atoms with Gasteiger partial charge < -0.3 is 17.7 Å². The molecule has 2 unspecified atom stereocenters. The Balaban J connectivity index is 1.48. The highest BCUT2D eigenvalue weighted by molar-refractivity contribution is 9.26. The van der Waals surface area contributed by atoms with Crippen LogP contribution in [0.5, 0.6) is 0 Å². The Labute approximate surface area is 250 Å². The number of benzene rings is 2. The molecule has 0 aliphatic carbocycles. The molecule has 0 saturated carbocycles. The van der Waals surface area contributed by atoms with E-state index >= 15 is 0 Å². The van der Waals surface area contributed by atoms with Crippen molar-refractivity contribution in [1.82, 2.24) is 0 Å². The van der Waals surface area contributed by atoms with Crippen molar-refractivity contribution in [3.8, 4) is 0 Å². The third-order valence-electron chi connectivity index (χ3n) is 6.65. The molecule has 2 atom stereocenters. The lowest BCUT2D eigenvalue weighted by Crippen LogP contribution is -2.29. The normalized spacial score (nSPS) is 13.3. The van der Waals surface area contributed by atoms with Gasteiger partial charge in [0.15, 0.2) is 0 Å². The predicted molar refractivity (Wildman–Crippen MR) is 178 cm³/mol. The molecule has 0 heterocycles. The van der Waals surface area contributed by atoms with Crippen LogP contribution in [-0.2, 0) is 17.7 Å². The van der Waals surface area contributed by atoms with Crippen LogP contribution in [0, 0.1) is 0 Å². The van der Waals surface area contributed by atoms with Crippen LogP contribution >= 0.6 is 41.2 Å². The van der Waals surface area contributed by atoms with Gasteiger partial charge in [-0.3, -0.25) is 0 Å². The molecule has 0 amide bonds. The number of hydrogen-bond acceptors (Lipinski definition) is 8. The lowest BCUT2D eigenvalue weighted by atomic mass is 10.1. The largest absolute Gasteiger partial charge is 0.400 e. The zero-order chi connectivity index (χ0) is 27.3. The quantitative estimate of drug-likeness (QED) is 0.0688. The van der Waals surface area contributed by atoms with E-state index in [1.165, 1.54) is 61.2 Å². The van der Waals surface area contributed by atoms with Crippen LogP contribution in [0.15, 0.2) is 60.7 Å². The molecular formula is C28H46O4S4Si2. The van der Waals surface area contributed by atoms with E-state index in [2.05, 4.69) is 60.7 Å². The Morgan fingerprint density at radius 2 is 0.895 bits per heavy atom. The summed E-state index contributed by atoms with van der Waals surface area (Å²) in [6, 6.07) is 21.5. The van der Waals surface area contributed by atoms with Crippen molar-refractivity contribution in [2.75, 3.05) is 39.9 Å². The van der Waals surface area contributed by atoms with Gasteiger partial charge in [-0.05, 0) is 56.5 Å². The average Bonchev–Trinajstić information content (AvgIpc) is 2.97. The molecule has 38 heavy (non-hydrogen) atoms. The van der Waals surface area contributed by atoms with Gasteiger partial charge in [0.2, 0.25) is 0 Å². The Hall–Kier alpha value is 0.114. The molecule has 10 heteroatoms. The fourth-order valence-corrected chi connectivity index (χ4v) is 14.7. The van der Waals surface area contributed by atoms with Crippen molar-refractivity contribution in [1.29, 1.82) is 0 Å². The molecule has 0 aliphatic heterocycles. The van der Waals surface area contributed by atoms with Gasteiger partial charge in [0.25, 0.3) is 0 Å². The molecule has 0 N–H and O–H groups in total. The second-order valence-corrected chi connectivity index (χ2v) is 20.4. The molecular weight excluding hydrogens is 585 g/mol. The molecule has 0 radical (unpaired) electrons. The Morgan fingerprint density at radius 3 is 1.24 bits per heavy atom. The van der Waals surface area contributed by atoms with Crippen LogP contribution in [0.3, 0.4) is 0 Å². The standard InChI is InChI=1S/C28H46O4S4Si2/c1-29-37(30-2)27(25-17-9-5-10-18-25)21-13-7-15-23-33-35-36-34-24-16-8-14-22-28(38(31-3)32-4)26-19-11-6-12-20-26/h5-6,9-12,17-20,27-28,37-38H,7-8,13-16,21-24H2,1-4H3. The highest BCUT2D eigenvalue weighted by Crippen LogP contribution is 2.43. The third kappa shape index (κ3) is 13.7. The topological polar surface area (TPSA) is 36.9 Å². The Kier molecular flexibility index (Phi) is 20.6. The van der Waals surface area contributed by atoms with Crippen LogP contribution in [0.4, 0.5) is 0 Å². The second kappa shape index (κ2) is 22.8. The number of unbranched alkanes of at least 4 members (excludes halogenated alkanes) is 4. The molecule has 2 aromatic rings. The van der Waals surface area contributed by atoms with Gasteiger partial charge in [-0.1, -0.05) is 108 Å². The monoisotopic (exact) mass is 630 g/mol. The van der Waals surface area contributed by atoms with Gasteiger partial charge in [0, 0.05) is 51.0 Å². The summed E-state index contributed by atoms with van der Waals surface area (Å²) in [5.41, 5.74) is 3.57. The Morgan fingerprint density at radius 1 is 0.526 bits per heavy atom. The molecule has 0 bridgehead atoms. The minimum Gasteiger partial charge on any atom is -0.400 e. The maximum absolute atomic E-state index is 5.72. The van der Waals surface area contributed by atoms with Gasteiger partial charge in [0.1, 0.15) is 0 Å². The summed E-state index contributed by atoms with van der Waals surface area (Å²) < 4.78 is 22.9. The van der Waals surface area contributed by atoms with E-state index in [1.54, 1.807) is 28.4 Å². The first kappa shape index (κ1) is 34.3. The van der Waals surface area contributed by atoms with Crippen molar-refractivity contribution in [3.63, 3.8) is 0 Å². The summed E-state index contributed by atoms with van der Waals surface area (Å²) in [6.45, 7) is 0. The predicted octanol–water partition coefficient (Wildman–Crippen LogP) is 8.46. The zero-order valence-electron chi connectivity index (χ0n) is 23.4. The van der Waals surface area contributed by atoms with Gasteiger partial charge in [-0.25, -0.2) is 0 Å². The van der Waals surface area contributed by atoms with Crippen molar-refractivity contribution in [3.05, 3.63) is 71.8 Å². The van der Waals surface area contributed by atoms with Gasteiger partial charge >= 0.3 is 18.6 Å². The summed E-state index contributed by atoms with van der Waals surface area (Å²) in [7, 11) is 11.7. The van der Waals surface area contributed by atoms with Crippen LogP contribution in [0.2, 0.25) is 0 Å². The van der Waals surface area contributed by atoms with E-state index in [0.717, 1.165) is 12.8 Å². The van der Waals surface area contributed by atoms with Crippen LogP contribution in [-0.4, -0.2) is 58.5 Å². The minimum absolute atomic E-state index is 0.424. The summed E-state index contributed by atoms with van der Waals surface area (Å²) in [6.07, 6.45) is 9.83. The van der Waals surface area contributed by atoms with E-state index < -0.39 is 18.6 Å². The van der Waals surface area contributed by atoms with Crippen molar-refractivity contribution >= 4 is 59.8 Å². The maximum Gasteiger partial charge on any atom is 0.328 e. The first-order valence-electron chi connectivity index (χ1n) is 13.5. The van der Waals surface area contributed by atoms with Gasteiger partial charge in [-0.15, -0.1) is 0 Å². The SMILES string of the molecule is CO[SiH](OC)C(CCCCCSSSSCCCCCC(c1ccccc1)[SiH](OC)OC)c1ccccc1. The molecule has 214 valence electrons. The molecule has 0 aliphatic rings. The molecule has 0 spiro atoms. The van der Waals surface area contributed by atoms with Crippen molar-refractivity contribution < 1.29 is 17.7 Å². The summed E-state index contributed by atoms with van der Waals surface area (Å²) >= 11 is 0. The minimum atomic E-state index is -1.68. The van der Waals surface area contributed by atoms with Gasteiger partial charge in [-0.2, -0.15) is 0 Å². The molecule has 4 nitrogen and oxygen atoms in total. The van der Waals surface area contributed by atoms with Crippen LogP contribution < -0.4 is 0 Å². The maximum atomic E-state index is 5.72. The smallest absolute Gasteiger partial charge is 0.328 e. The third-order valence-corrected chi connectivity index (χ3v) is 17.9. The fourth-order valence-electron chi connectivity index (χ4n) is 4.68. The number of rotatable bonds is 23. The molecule has 0 saturated heterocycles. The summed E-state index contributed by atoms with van der Waals surface area (Å²) in [5, 5.41) is 0. The average molecular weight is 631 g/mol. The first-order chi connectivity index (χ1) is 18.7. The first-order valence-corrected chi connectivity index (χ1v) is 21.9. The van der Waals surface area contributed by atoms with E-state index in [9.17, 15) is 0 Å². The van der Waals surface area contributed by atoms with Gasteiger partial charge in [0.05, 0.1) is 0 Å². The molecule has 2 aromatic carbocycles. The zero-order valence-corrected chi connectivity index (χ0v) is 29.0. The summed E-state index contributed by atoms with van der Waals surface area (Å²) in [5.74, 6) is 2.43. The number of hydrogen-bond donors (Lipinski definition) is 0. The molecule has 2 rings (SSSR count). The lowest BCUT2D eigenvalue weighted by Gasteiger charge is -2.23. The molecule has 0 fully saturated rings. The second-order valence-electron chi connectivity index (χ2n) is 9.19. The van der Waals surface area contributed by atoms with E-state index in [-0.39, 0.29) is 0 Å². The summed E-state index contributed by atoms with van der Waals surface area (Å²) in [4.78, 5) is 0. The van der Waals surface area contributed by atoms with Crippen molar-refractivity contribution in [2.24, 2.45) is 0 Å². The molecule has 0 aromatic heterocycles. The van der Waals surface area contributed by atoms with E-state index in [0.29, 0.717) is 11.1 Å². The van der Waals surface area contributed by atoms with Crippen molar-refractivity contribution in [2.45, 2.75) is 62.4 Å².